The lowest BCUT2D eigenvalue weighted by Crippen LogP contribution is -2.25. The van der Waals surface area contributed by atoms with Gasteiger partial charge in [-0.1, -0.05) is 31.4 Å². The fraction of sp³-hybridized carbons (Fsp3) is 0.647. The van der Waals surface area contributed by atoms with Crippen LogP contribution in [0.1, 0.15) is 44.6 Å². The Hall–Kier alpha value is -0.730. The molecule has 1 saturated heterocycles. The molecule has 1 aromatic carbocycles. The van der Waals surface area contributed by atoms with Crippen LogP contribution in [0, 0.1) is 5.92 Å². The van der Waals surface area contributed by atoms with Crippen molar-refractivity contribution in [3.8, 4) is 0 Å². The second-order valence-corrected chi connectivity index (χ2v) is 6.32. The van der Waals surface area contributed by atoms with Crippen molar-refractivity contribution in [2.45, 2.75) is 45.4 Å². The van der Waals surface area contributed by atoms with Gasteiger partial charge in [0, 0.05) is 23.8 Å². The van der Waals surface area contributed by atoms with Crippen molar-refractivity contribution in [1.29, 1.82) is 0 Å². The minimum atomic E-state index is 0.680. The lowest BCUT2D eigenvalue weighted by molar-refractivity contribution is 0.435. The first kappa shape index (κ1) is 15.7. The molecule has 1 unspecified atom stereocenters. The highest BCUT2D eigenvalue weighted by atomic mass is 35.5. The monoisotopic (exact) mass is 294 g/mol. The van der Waals surface area contributed by atoms with E-state index in [1.807, 2.05) is 6.07 Å². The van der Waals surface area contributed by atoms with Crippen LogP contribution >= 0.6 is 11.6 Å². The molecule has 1 heterocycles. The quantitative estimate of drug-likeness (QED) is 0.880. The summed E-state index contributed by atoms with van der Waals surface area (Å²) in [5, 5.41) is 0.816. The van der Waals surface area contributed by atoms with Crippen molar-refractivity contribution in [3.63, 3.8) is 0 Å². The number of rotatable bonds is 5. The molecule has 112 valence electrons. The van der Waals surface area contributed by atoms with Crippen molar-refractivity contribution in [3.05, 3.63) is 28.8 Å². The van der Waals surface area contributed by atoms with Crippen molar-refractivity contribution in [2.75, 3.05) is 24.5 Å². The number of nitrogens with zero attached hydrogens (tertiary/aromatic N) is 1. The first-order valence-electron chi connectivity index (χ1n) is 7.98. The van der Waals surface area contributed by atoms with Gasteiger partial charge in [0.15, 0.2) is 0 Å². The molecule has 2 nitrogen and oxygen atoms in total. The maximum atomic E-state index is 6.13. The van der Waals surface area contributed by atoms with Crippen LogP contribution in [-0.4, -0.2) is 19.6 Å². The number of anilines is 1. The van der Waals surface area contributed by atoms with Gasteiger partial charge in [0.05, 0.1) is 0 Å². The van der Waals surface area contributed by atoms with Gasteiger partial charge in [-0.3, -0.25) is 0 Å². The Kier molecular flexibility index (Phi) is 6.18. The molecule has 0 amide bonds. The average molecular weight is 295 g/mol. The van der Waals surface area contributed by atoms with E-state index in [4.69, 9.17) is 17.3 Å². The number of hydrogen-bond acceptors (Lipinski definition) is 2. The fourth-order valence-electron chi connectivity index (χ4n) is 3.32. The van der Waals surface area contributed by atoms with Gasteiger partial charge >= 0.3 is 0 Å². The van der Waals surface area contributed by atoms with Crippen LogP contribution in [0.4, 0.5) is 5.69 Å². The van der Waals surface area contributed by atoms with Crippen LogP contribution in [0.3, 0.4) is 0 Å². The minimum absolute atomic E-state index is 0.680. The molecule has 0 spiro atoms. The van der Waals surface area contributed by atoms with E-state index in [1.54, 1.807) is 0 Å². The summed E-state index contributed by atoms with van der Waals surface area (Å²) in [6.07, 6.45) is 7.59. The number of nitrogens with two attached hydrogens (primary N) is 1. The van der Waals surface area contributed by atoms with E-state index in [-0.39, 0.29) is 0 Å². The first-order chi connectivity index (χ1) is 9.74. The van der Waals surface area contributed by atoms with Gasteiger partial charge in [-0.05, 0) is 61.9 Å². The molecule has 0 radical (unpaired) electrons. The SMILES string of the molecule is CCCC1CCCN(c2ccc(Cl)cc2CCN)CC1. The molecule has 1 fully saturated rings. The summed E-state index contributed by atoms with van der Waals surface area (Å²) in [7, 11) is 0. The van der Waals surface area contributed by atoms with Crippen molar-refractivity contribution >= 4 is 17.3 Å². The summed E-state index contributed by atoms with van der Waals surface area (Å²) >= 11 is 6.13. The van der Waals surface area contributed by atoms with Gasteiger partial charge in [-0.2, -0.15) is 0 Å². The van der Waals surface area contributed by atoms with Crippen LogP contribution in [0.5, 0.6) is 0 Å². The Labute approximate surface area is 128 Å². The zero-order valence-electron chi connectivity index (χ0n) is 12.6. The maximum Gasteiger partial charge on any atom is 0.0410 e. The van der Waals surface area contributed by atoms with Gasteiger partial charge in [-0.15, -0.1) is 0 Å². The van der Waals surface area contributed by atoms with E-state index in [1.165, 1.54) is 56.4 Å². The lowest BCUT2D eigenvalue weighted by Gasteiger charge is -2.26. The molecule has 0 aromatic heterocycles. The largest absolute Gasteiger partial charge is 0.371 e. The molecule has 2 N–H and O–H groups in total. The smallest absolute Gasteiger partial charge is 0.0410 e. The molecule has 0 aliphatic carbocycles. The minimum Gasteiger partial charge on any atom is -0.371 e. The predicted molar refractivity (Wildman–Crippen MR) is 88.7 cm³/mol. The summed E-state index contributed by atoms with van der Waals surface area (Å²) in [5.41, 5.74) is 8.38. The van der Waals surface area contributed by atoms with E-state index in [0.29, 0.717) is 6.54 Å². The second kappa shape index (κ2) is 7.90. The highest BCUT2D eigenvalue weighted by Crippen LogP contribution is 2.29. The maximum absolute atomic E-state index is 6.13. The van der Waals surface area contributed by atoms with Gasteiger partial charge < -0.3 is 10.6 Å². The normalized spacial score (nSPS) is 19.9. The lowest BCUT2D eigenvalue weighted by atomic mass is 9.96. The Morgan fingerprint density at radius 1 is 1.30 bits per heavy atom. The Morgan fingerprint density at radius 3 is 2.90 bits per heavy atom. The molecular weight excluding hydrogens is 268 g/mol. The summed E-state index contributed by atoms with van der Waals surface area (Å²) in [6.45, 7) is 5.31. The third-order valence-corrected chi connectivity index (χ3v) is 4.58. The third kappa shape index (κ3) is 4.13. The number of hydrogen-bond donors (Lipinski definition) is 1. The molecule has 3 heteroatoms. The number of halogens is 1. The predicted octanol–water partition coefficient (Wildman–Crippen LogP) is 4.25. The molecule has 1 aromatic rings. The fourth-order valence-corrected chi connectivity index (χ4v) is 3.52. The van der Waals surface area contributed by atoms with Crippen molar-refractivity contribution < 1.29 is 0 Å². The van der Waals surface area contributed by atoms with Crippen LogP contribution in [0.2, 0.25) is 5.02 Å². The van der Waals surface area contributed by atoms with Gasteiger partial charge in [-0.25, -0.2) is 0 Å². The summed E-state index contributed by atoms with van der Waals surface area (Å²) in [4.78, 5) is 2.54. The van der Waals surface area contributed by atoms with Gasteiger partial charge in [0.25, 0.3) is 0 Å². The van der Waals surface area contributed by atoms with Gasteiger partial charge in [0.2, 0.25) is 0 Å². The molecular formula is C17H27ClN2. The third-order valence-electron chi connectivity index (χ3n) is 4.34. The van der Waals surface area contributed by atoms with Crippen LogP contribution in [0.15, 0.2) is 18.2 Å². The highest BCUT2D eigenvalue weighted by Gasteiger charge is 2.18. The zero-order valence-corrected chi connectivity index (χ0v) is 13.3. The number of benzene rings is 1. The van der Waals surface area contributed by atoms with Gasteiger partial charge in [0.1, 0.15) is 0 Å². The molecule has 1 aliphatic heterocycles. The van der Waals surface area contributed by atoms with E-state index >= 15 is 0 Å². The Balaban J connectivity index is 2.10. The summed E-state index contributed by atoms with van der Waals surface area (Å²) < 4.78 is 0. The second-order valence-electron chi connectivity index (χ2n) is 5.88. The van der Waals surface area contributed by atoms with Crippen molar-refractivity contribution in [2.24, 2.45) is 11.7 Å². The topological polar surface area (TPSA) is 29.3 Å². The molecule has 2 rings (SSSR count). The molecule has 0 bridgehead atoms. The summed E-state index contributed by atoms with van der Waals surface area (Å²) in [5.74, 6) is 0.912. The summed E-state index contributed by atoms with van der Waals surface area (Å²) in [6, 6.07) is 6.26. The van der Waals surface area contributed by atoms with Crippen molar-refractivity contribution in [1.82, 2.24) is 0 Å². The Bertz CT molecular complexity index is 419. The van der Waals surface area contributed by atoms with Crippen LogP contribution < -0.4 is 10.6 Å². The van der Waals surface area contributed by atoms with E-state index in [0.717, 1.165) is 17.4 Å². The first-order valence-corrected chi connectivity index (χ1v) is 8.35. The van der Waals surface area contributed by atoms with E-state index in [2.05, 4.69) is 24.0 Å². The standard InChI is InChI=1S/C17H27ClN2/c1-2-4-14-5-3-11-20(12-9-14)17-7-6-16(18)13-15(17)8-10-19/h6-7,13-14H,2-5,8-12,19H2,1H3. The molecule has 1 atom stereocenters. The molecule has 20 heavy (non-hydrogen) atoms. The van der Waals surface area contributed by atoms with E-state index in [9.17, 15) is 0 Å². The Morgan fingerprint density at radius 2 is 2.15 bits per heavy atom. The molecule has 0 saturated carbocycles. The highest BCUT2D eigenvalue weighted by molar-refractivity contribution is 6.30. The van der Waals surface area contributed by atoms with Crippen LogP contribution in [0.25, 0.3) is 0 Å². The molecule has 1 aliphatic rings. The average Bonchev–Trinajstić information content (AvgIpc) is 2.66. The van der Waals surface area contributed by atoms with E-state index < -0.39 is 0 Å². The van der Waals surface area contributed by atoms with Crippen LogP contribution in [-0.2, 0) is 6.42 Å². The zero-order chi connectivity index (χ0) is 14.4.